The van der Waals surface area contributed by atoms with Crippen molar-refractivity contribution in [1.29, 1.82) is 0 Å². The number of halogens is 2. The molecule has 0 aliphatic rings. The van der Waals surface area contributed by atoms with Gasteiger partial charge in [-0.25, -0.2) is 0 Å². The van der Waals surface area contributed by atoms with Crippen LogP contribution in [-0.2, 0) is 7.05 Å². The van der Waals surface area contributed by atoms with Gasteiger partial charge in [-0.1, -0.05) is 30.7 Å². The second-order valence-corrected chi connectivity index (χ2v) is 5.28. The first-order chi connectivity index (χ1) is 8.63. The van der Waals surface area contributed by atoms with Gasteiger partial charge in [0.25, 0.3) is 0 Å². The molecule has 0 amide bonds. The molecule has 1 aromatic heterocycles. The van der Waals surface area contributed by atoms with Crippen LogP contribution in [0.2, 0.25) is 5.02 Å². The molecular weight excluding hydrogens is 314 g/mol. The maximum Gasteiger partial charge on any atom is 0.0839 e. The van der Waals surface area contributed by atoms with Gasteiger partial charge in [0, 0.05) is 17.7 Å². The van der Waals surface area contributed by atoms with Crippen LogP contribution in [-0.4, -0.2) is 16.3 Å². The van der Waals surface area contributed by atoms with Gasteiger partial charge < -0.3 is 5.32 Å². The minimum Gasteiger partial charge on any atom is -0.305 e. The molecule has 0 aliphatic heterocycles. The Bertz CT molecular complexity index is 539. The Morgan fingerprint density at radius 1 is 1.44 bits per heavy atom. The van der Waals surface area contributed by atoms with E-state index in [1.54, 1.807) is 4.68 Å². The van der Waals surface area contributed by atoms with Gasteiger partial charge in [0.15, 0.2) is 0 Å². The summed E-state index contributed by atoms with van der Waals surface area (Å²) in [5, 5.41) is 8.60. The summed E-state index contributed by atoms with van der Waals surface area (Å²) in [6.45, 7) is 2.92. The Balaban J connectivity index is 2.44. The van der Waals surface area contributed by atoms with Gasteiger partial charge in [0.1, 0.15) is 0 Å². The lowest BCUT2D eigenvalue weighted by molar-refractivity contribution is 0.600. The fourth-order valence-corrected chi connectivity index (χ4v) is 2.53. The predicted octanol–water partition coefficient (Wildman–Crippen LogP) is 3.53. The van der Waals surface area contributed by atoms with Crippen LogP contribution < -0.4 is 5.32 Å². The summed E-state index contributed by atoms with van der Waals surface area (Å²) in [7, 11) is 1.91. The maximum atomic E-state index is 6.36. The van der Waals surface area contributed by atoms with Crippen molar-refractivity contribution in [2.45, 2.75) is 13.0 Å². The molecule has 96 valence electrons. The molecule has 1 aromatic carbocycles. The highest BCUT2D eigenvalue weighted by atomic mass is 79.9. The summed E-state index contributed by atoms with van der Waals surface area (Å²) >= 11 is 9.82. The SMILES string of the molecule is CCNC(c1ccn(C)n1)c1cccc(Br)c1Cl. The fourth-order valence-electron chi connectivity index (χ4n) is 1.91. The topological polar surface area (TPSA) is 29.9 Å². The second-order valence-electron chi connectivity index (χ2n) is 4.05. The zero-order chi connectivity index (χ0) is 13.1. The van der Waals surface area contributed by atoms with Gasteiger partial charge in [0.05, 0.1) is 16.8 Å². The molecule has 0 fully saturated rings. The van der Waals surface area contributed by atoms with Crippen molar-refractivity contribution in [3.8, 4) is 0 Å². The van der Waals surface area contributed by atoms with Gasteiger partial charge in [0.2, 0.25) is 0 Å². The fraction of sp³-hybridized carbons (Fsp3) is 0.308. The van der Waals surface area contributed by atoms with Crippen molar-refractivity contribution in [1.82, 2.24) is 15.1 Å². The lowest BCUT2D eigenvalue weighted by Gasteiger charge is -2.18. The monoisotopic (exact) mass is 327 g/mol. The summed E-state index contributed by atoms with van der Waals surface area (Å²) in [6.07, 6.45) is 1.94. The number of aromatic nitrogens is 2. The second kappa shape index (κ2) is 5.87. The lowest BCUT2D eigenvalue weighted by Crippen LogP contribution is -2.23. The van der Waals surface area contributed by atoms with Crippen LogP contribution in [0, 0.1) is 0 Å². The number of rotatable bonds is 4. The van der Waals surface area contributed by atoms with Crippen molar-refractivity contribution in [2.75, 3.05) is 6.54 Å². The number of benzene rings is 1. The third-order valence-electron chi connectivity index (χ3n) is 2.73. The van der Waals surface area contributed by atoms with Crippen LogP contribution in [0.5, 0.6) is 0 Å². The molecule has 2 aromatic rings. The van der Waals surface area contributed by atoms with E-state index in [1.807, 2.05) is 37.5 Å². The van der Waals surface area contributed by atoms with Gasteiger partial charge in [-0.15, -0.1) is 0 Å². The van der Waals surface area contributed by atoms with Crippen LogP contribution >= 0.6 is 27.5 Å². The quantitative estimate of drug-likeness (QED) is 0.930. The molecule has 0 spiro atoms. The van der Waals surface area contributed by atoms with Crippen LogP contribution in [0.1, 0.15) is 24.2 Å². The van der Waals surface area contributed by atoms with Crippen LogP contribution in [0.25, 0.3) is 0 Å². The molecule has 18 heavy (non-hydrogen) atoms. The molecule has 2 rings (SSSR count). The van der Waals surface area contributed by atoms with E-state index in [0.29, 0.717) is 0 Å². The molecule has 1 heterocycles. The van der Waals surface area contributed by atoms with Crippen molar-refractivity contribution in [3.63, 3.8) is 0 Å². The molecule has 0 aliphatic carbocycles. The predicted molar refractivity (Wildman–Crippen MR) is 77.9 cm³/mol. The molecule has 3 nitrogen and oxygen atoms in total. The molecule has 0 radical (unpaired) electrons. The van der Waals surface area contributed by atoms with E-state index in [2.05, 4.69) is 33.3 Å². The molecule has 0 saturated heterocycles. The first-order valence-corrected chi connectivity index (χ1v) is 6.97. The standard InChI is InChI=1S/C13H15BrClN3/c1-3-16-13(11-7-8-18(2)17-11)9-5-4-6-10(14)12(9)15/h4-8,13,16H,3H2,1-2H3. The molecule has 0 saturated carbocycles. The maximum absolute atomic E-state index is 6.36. The molecule has 1 atom stereocenters. The number of nitrogens with one attached hydrogen (secondary N) is 1. The van der Waals surface area contributed by atoms with Gasteiger partial charge in [-0.3, -0.25) is 4.68 Å². The first-order valence-electron chi connectivity index (χ1n) is 5.80. The summed E-state index contributed by atoms with van der Waals surface area (Å²) in [6, 6.07) is 7.96. The highest BCUT2D eigenvalue weighted by Gasteiger charge is 2.19. The zero-order valence-electron chi connectivity index (χ0n) is 10.3. The smallest absolute Gasteiger partial charge is 0.0839 e. The van der Waals surface area contributed by atoms with Gasteiger partial charge in [-0.05, 0) is 40.2 Å². The largest absolute Gasteiger partial charge is 0.305 e. The summed E-state index contributed by atoms with van der Waals surface area (Å²) < 4.78 is 2.70. The molecule has 1 unspecified atom stereocenters. The Morgan fingerprint density at radius 3 is 2.83 bits per heavy atom. The third kappa shape index (κ3) is 2.76. The average molecular weight is 329 g/mol. The first kappa shape index (κ1) is 13.6. The summed E-state index contributed by atoms with van der Waals surface area (Å²) in [5.41, 5.74) is 2.01. The van der Waals surface area contributed by atoms with Crippen LogP contribution in [0.15, 0.2) is 34.9 Å². The van der Waals surface area contributed by atoms with E-state index >= 15 is 0 Å². The number of aryl methyl sites for hydroxylation is 1. The molecular formula is C13H15BrClN3. The molecule has 0 bridgehead atoms. The lowest BCUT2D eigenvalue weighted by atomic mass is 10.0. The molecule has 1 N–H and O–H groups in total. The van der Waals surface area contributed by atoms with Crippen LogP contribution in [0.4, 0.5) is 0 Å². The van der Waals surface area contributed by atoms with Crippen molar-refractivity contribution in [2.24, 2.45) is 7.05 Å². The Morgan fingerprint density at radius 2 is 2.22 bits per heavy atom. The van der Waals surface area contributed by atoms with E-state index in [9.17, 15) is 0 Å². The van der Waals surface area contributed by atoms with E-state index in [-0.39, 0.29) is 6.04 Å². The number of hydrogen-bond donors (Lipinski definition) is 1. The number of hydrogen-bond acceptors (Lipinski definition) is 2. The normalized spacial score (nSPS) is 12.7. The molecule has 5 heteroatoms. The van der Waals surface area contributed by atoms with E-state index in [1.165, 1.54) is 0 Å². The minimum atomic E-state index is 0.0150. The average Bonchev–Trinajstić information content (AvgIpc) is 2.77. The summed E-state index contributed by atoms with van der Waals surface area (Å²) in [4.78, 5) is 0. The van der Waals surface area contributed by atoms with Crippen molar-refractivity contribution >= 4 is 27.5 Å². The van der Waals surface area contributed by atoms with E-state index < -0.39 is 0 Å². The van der Waals surface area contributed by atoms with Crippen LogP contribution in [0.3, 0.4) is 0 Å². The Hall–Kier alpha value is -0.840. The van der Waals surface area contributed by atoms with Crippen molar-refractivity contribution in [3.05, 3.63) is 51.2 Å². The summed E-state index contributed by atoms with van der Waals surface area (Å²) in [5.74, 6) is 0. The van der Waals surface area contributed by atoms with E-state index in [4.69, 9.17) is 11.6 Å². The highest BCUT2D eigenvalue weighted by molar-refractivity contribution is 9.10. The van der Waals surface area contributed by atoms with E-state index in [0.717, 1.165) is 27.3 Å². The van der Waals surface area contributed by atoms with Crippen molar-refractivity contribution < 1.29 is 0 Å². The number of nitrogens with zero attached hydrogens (tertiary/aromatic N) is 2. The third-order valence-corrected chi connectivity index (χ3v) is 4.04. The zero-order valence-corrected chi connectivity index (χ0v) is 12.7. The van der Waals surface area contributed by atoms with Gasteiger partial charge in [-0.2, -0.15) is 5.10 Å². The Labute approximate surface area is 120 Å². The van der Waals surface area contributed by atoms with Gasteiger partial charge >= 0.3 is 0 Å². The Kier molecular flexibility index (Phi) is 4.43. The highest BCUT2D eigenvalue weighted by Crippen LogP contribution is 2.32. The minimum absolute atomic E-state index is 0.0150.